The molecule has 7 nitrogen and oxygen atoms in total. The van der Waals surface area contributed by atoms with Crippen molar-refractivity contribution in [3.63, 3.8) is 0 Å². The van der Waals surface area contributed by atoms with Crippen LogP contribution in [0.15, 0.2) is 18.5 Å². The summed E-state index contributed by atoms with van der Waals surface area (Å²) in [5, 5.41) is 0. The molecule has 2 aliphatic rings. The van der Waals surface area contributed by atoms with Gasteiger partial charge in [-0.15, -0.1) is 0 Å². The first-order valence-corrected chi connectivity index (χ1v) is 9.03. The van der Waals surface area contributed by atoms with Crippen LogP contribution in [0.1, 0.15) is 33.1 Å². The molecule has 7 heteroatoms. The van der Waals surface area contributed by atoms with Crippen LogP contribution in [-0.2, 0) is 9.59 Å². The van der Waals surface area contributed by atoms with Crippen molar-refractivity contribution >= 4 is 11.8 Å². The van der Waals surface area contributed by atoms with Crippen LogP contribution in [0.5, 0.6) is 6.01 Å². The molecule has 3 heterocycles. The van der Waals surface area contributed by atoms with Crippen LogP contribution in [0, 0.1) is 11.8 Å². The summed E-state index contributed by atoms with van der Waals surface area (Å²) in [5.74, 6) is 0.438. The predicted octanol–water partition coefficient (Wildman–Crippen LogP) is 1.35. The van der Waals surface area contributed by atoms with Crippen LogP contribution in [0.2, 0.25) is 0 Å². The van der Waals surface area contributed by atoms with Gasteiger partial charge >= 0.3 is 6.01 Å². The van der Waals surface area contributed by atoms with E-state index in [1.807, 2.05) is 9.80 Å². The smallest absolute Gasteiger partial charge is 0.316 e. The number of hydrogen-bond donors (Lipinski definition) is 0. The number of carbonyl (C=O) groups excluding carboxylic acids is 2. The zero-order chi connectivity index (χ0) is 17.8. The summed E-state index contributed by atoms with van der Waals surface area (Å²) in [6.45, 7) is 6.78. The molecule has 136 valence electrons. The van der Waals surface area contributed by atoms with Crippen LogP contribution < -0.4 is 4.74 Å². The largest absolute Gasteiger partial charge is 0.460 e. The Kier molecular flexibility index (Phi) is 5.50. The number of hydrogen-bond acceptors (Lipinski definition) is 5. The maximum absolute atomic E-state index is 12.7. The van der Waals surface area contributed by atoms with Crippen molar-refractivity contribution in [3.05, 3.63) is 18.5 Å². The average Bonchev–Trinajstić information content (AvgIpc) is 2.96. The van der Waals surface area contributed by atoms with E-state index < -0.39 is 0 Å². The van der Waals surface area contributed by atoms with E-state index >= 15 is 0 Å². The number of likely N-dealkylation sites (tertiary alicyclic amines) is 2. The summed E-state index contributed by atoms with van der Waals surface area (Å²) in [7, 11) is 0. The van der Waals surface area contributed by atoms with Gasteiger partial charge in [-0.05, 0) is 12.0 Å². The molecule has 0 radical (unpaired) electrons. The lowest BCUT2D eigenvalue weighted by Gasteiger charge is -2.33. The molecular weight excluding hydrogens is 320 g/mol. The van der Waals surface area contributed by atoms with Crippen LogP contribution in [-0.4, -0.2) is 63.9 Å². The Hall–Kier alpha value is -2.18. The fourth-order valence-corrected chi connectivity index (χ4v) is 3.50. The number of rotatable bonds is 5. The van der Waals surface area contributed by atoms with Gasteiger partial charge in [-0.1, -0.05) is 13.8 Å². The lowest BCUT2D eigenvalue weighted by molar-refractivity contribution is -0.137. The van der Waals surface area contributed by atoms with E-state index in [1.165, 1.54) is 0 Å². The molecule has 2 saturated heterocycles. The Morgan fingerprint density at radius 2 is 1.96 bits per heavy atom. The van der Waals surface area contributed by atoms with Crippen LogP contribution in [0.4, 0.5) is 0 Å². The summed E-state index contributed by atoms with van der Waals surface area (Å²) < 4.78 is 5.76. The van der Waals surface area contributed by atoms with Gasteiger partial charge in [0.25, 0.3) is 0 Å². The van der Waals surface area contributed by atoms with Crippen molar-refractivity contribution in [1.82, 2.24) is 19.8 Å². The van der Waals surface area contributed by atoms with Gasteiger partial charge in [0.15, 0.2) is 0 Å². The van der Waals surface area contributed by atoms with Gasteiger partial charge in [0.2, 0.25) is 11.8 Å². The highest BCUT2D eigenvalue weighted by Crippen LogP contribution is 2.24. The van der Waals surface area contributed by atoms with Crippen molar-refractivity contribution < 1.29 is 14.3 Å². The highest BCUT2D eigenvalue weighted by molar-refractivity contribution is 5.89. The van der Waals surface area contributed by atoms with Gasteiger partial charge in [-0.3, -0.25) is 9.59 Å². The second-order valence-electron chi connectivity index (χ2n) is 7.27. The number of ether oxygens (including phenoxy) is 1. The van der Waals surface area contributed by atoms with Crippen LogP contribution in [0.25, 0.3) is 0 Å². The van der Waals surface area contributed by atoms with Gasteiger partial charge in [0, 0.05) is 57.8 Å². The molecule has 0 aliphatic carbocycles. The van der Waals surface area contributed by atoms with Crippen molar-refractivity contribution in [3.8, 4) is 6.01 Å². The molecular formula is C18H26N4O3. The van der Waals surface area contributed by atoms with Gasteiger partial charge in [0.05, 0.1) is 5.92 Å². The molecule has 2 fully saturated rings. The Labute approximate surface area is 148 Å². The van der Waals surface area contributed by atoms with Crippen molar-refractivity contribution in [2.24, 2.45) is 11.8 Å². The molecule has 1 aromatic heterocycles. The summed E-state index contributed by atoms with van der Waals surface area (Å²) in [4.78, 5) is 36.7. The number of piperidine rings is 1. The Bertz CT molecular complexity index is 600. The minimum absolute atomic E-state index is 0.0362. The zero-order valence-corrected chi connectivity index (χ0v) is 14.9. The van der Waals surface area contributed by atoms with Crippen molar-refractivity contribution in [2.45, 2.75) is 39.2 Å². The third kappa shape index (κ3) is 4.46. The highest BCUT2D eigenvalue weighted by atomic mass is 16.5. The lowest BCUT2D eigenvalue weighted by atomic mass is 10.0. The van der Waals surface area contributed by atoms with Gasteiger partial charge < -0.3 is 14.5 Å². The molecule has 0 spiro atoms. The monoisotopic (exact) mass is 346 g/mol. The average molecular weight is 346 g/mol. The number of aromatic nitrogens is 2. The Morgan fingerprint density at radius 3 is 2.60 bits per heavy atom. The Balaban J connectivity index is 1.48. The fourth-order valence-electron chi connectivity index (χ4n) is 3.50. The number of amides is 2. The quantitative estimate of drug-likeness (QED) is 0.804. The van der Waals surface area contributed by atoms with Gasteiger partial charge in [-0.2, -0.15) is 0 Å². The third-order valence-electron chi connectivity index (χ3n) is 4.72. The maximum atomic E-state index is 12.7. The van der Waals surface area contributed by atoms with Crippen molar-refractivity contribution in [1.29, 1.82) is 0 Å². The second-order valence-corrected chi connectivity index (χ2v) is 7.27. The highest BCUT2D eigenvalue weighted by Gasteiger charge is 2.37. The van der Waals surface area contributed by atoms with Crippen molar-refractivity contribution in [2.75, 3.05) is 26.2 Å². The Morgan fingerprint density at radius 1 is 1.28 bits per heavy atom. The van der Waals surface area contributed by atoms with E-state index in [4.69, 9.17) is 4.74 Å². The second kappa shape index (κ2) is 7.80. The SMILES string of the molecule is CC(C)CN1C[C@H](C(=O)N2CCC(Oc3ncccn3)CC2)CC1=O. The molecule has 2 aliphatic heterocycles. The van der Waals surface area contributed by atoms with Gasteiger partial charge in [0.1, 0.15) is 6.10 Å². The summed E-state index contributed by atoms with van der Waals surface area (Å²) >= 11 is 0. The molecule has 0 bridgehead atoms. The fraction of sp³-hybridized carbons (Fsp3) is 0.667. The molecule has 3 rings (SSSR count). The first kappa shape index (κ1) is 17.6. The lowest BCUT2D eigenvalue weighted by Crippen LogP contribution is -2.45. The van der Waals surface area contributed by atoms with E-state index in [0.717, 1.165) is 19.4 Å². The van der Waals surface area contributed by atoms with E-state index in [9.17, 15) is 9.59 Å². The predicted molar refractivity (Wildman–Crippen MR) is 91.8 cm³/mol. The normalized spacial score (nSPS) is 21.9. The summed E-state index contributed by atoms with van der Waals surface area (Å²) in [5.41, 5.74) is 0. The standard InChI is InChI=1S/C18H26N4O3/c1-13(2)11-22-12-14(10-16(22)23)17(24)21-8-4-15(5-9-21)25-18-19-6-3-7-20-18/h3,6-7,13-15H,4-5,8-12H2,1-2H3/t14-/m1/s1. The molecule has 25 heavy (non-hydrogen) atoms. The van der Waals surface area contributed by atoms with Crippen LogP contribution >= 0.6 is 0 Å². The van der Waals surface area contributed by atoms with E-state index in [1.54, 1.807) is 18.5 Å². The van der Waals surface area contributed by atoms with E-state index in [-0.39, 0.29) is 23.8 Å². The molecule has 0 aromatic carbocycles. The first-order chi connectivity index (χ1) is 12.0. The minimum Gasteiger partial charge on any atom is -0.460 e. The number of carbonyl (C=O) groups is 2. The van der Waals surface area contributed by atoms with Gasteiger partial charge in [-0.25, -0.2) is 9.97 Å². The minimum atomic E-state index is -0.193. The molecule has 0 N–H and O–H groups in total. The maximum Gasteiger partial charge on any atom is 0.316 e. The number of nitrogens with zero attached hydrogens (tertiary/aromatic N) is 4. The molecule has 1 atom stereocenters. The molecule has 0 saturated carbocycles. The van der Waals surface area contributed by atoms with E-state index in [2.05, 4.69) is 23.8 Å². The molecule has 1 aromatic rings. The third-order valence-corrected chi connectivity index (χ3v) is 4.72. The first-order valence-electron chi connectivity index (χ1n) is 9.03. The molecule has 2 amide bonds. The zero-order valence-electron chi connectivity index (χ0n) is 14.9. The van der Waals surface area contributed by atoms with E-state index in [0.29, 0.717) is 38.0 Å². The summed E-state index contributed by atoms with van der Waals surface area (Å²) in [6.07, 6.45) is 5.22. The topological polar surface area (TPSA) is 75.6 Å². The van der Waals surface area contributed by atoms with Crippen LogP contribution in [0.3, 0.4) is 0 Å². The molecule has 0 unspecified atom stereocenters. The summed E-state index contributed by atoms with van der Waals surface area (Å²) in [6, 6.07) is 2.14.